The van der Waals surface area contributed by atoms with Crippen molar-refractivity contribution < 1.29 is 8.78 Å². The molecule has 0 saturated carbocycles. The summed E-state index contributed by atoms with van der Waals surface area (Å²) in [7, 11) is 0. The van der Waals surface area contributed by atoms with Crippen molar-refractivity contribution in [3.63, 3.8) is 0 Å². The predicted octanol–water partition coefficient (Wildman–Crippen LogP) is 3.49. The molecular formula is C21H20F2N4O. The zero-order valence-electron chi connectivity index (χ0n) is 15.2. The van der Waals surface area contributed by atoms with Crippen molar-refractivity contribution in [2.75, 3.05) is 13.1 Å². The fourth-order valence-corrected chi connectivity index (χ4v) is 3.66. The topological polar surface area (TPSA) is 61.9 Å². The van der Waals surface area contributed by atoms with E-state index in [1.807, 2.05) is 0 Å². The Morgan fingerprint density at radius 1 is 1.14 bits per heavy atom. The maximum Gasteiger partial charge on any atom is 0.251 e. The number of nitrogens with one attached hydrogen (secondary N) is 1. The number of rotatable bonds is 4. The number of hydrogen-bond donors (Lipinski definition) is 1. The van der Waals surface area contributed by atoms with Gasteiger partial charge in [-0.15, -0.1) is 0 Å². The minimum atomic E-state index is -0.575. The van der Waals surface area contributed by atoms with Crippen LogP contribution in [0.25, 0.3) is 11.4 Å². The summed E-state index contributed by atoms with van der Waals surface area (Å²) in [5.74, 6) is -0.503. The number of aromatic amines is 1. The molecule has 3 aromatic rings. The summed E-state index contributed by atoms with van der Waals surface area (Å²) < 4.78 is 27.1. The number of aromatic nitrogens is 3. The average Bonchev–Trinajstić information content (AvgIpc) is 2.71. The van der Waals surface area contributed by atoms with Crippen LogP contribution in [-0.2, 0) is 6.54 Å². The Hall–Kier alpha value is -2.93. The molecular weight excluding hydrogens is 362 g/mol. The zero-order chi connectivity index (χ0) is 19.5. The van der Waals surface area contributed by atoms with Gasteiger partial charge in [0.1, 0.15) is 17.5 Å². The molecule has 7 heteroatoms. The molecule has 1 N–H and O–H groups in total. The van der Waals surface area contributed by atoms with Crippen LogP contribution in [0.15, 0.2) is 53.6 Å². The highest BCUT2D eigenvalue weighted by Gasteiger charge is 2.24. The fraction of sp³-hybridized carbons (Fsp3) is 0.286. The third-order valence-corrected chi connectivity index (χ3v) is 5.05. The normalized spacial score (nSPS) is 17.6. The molecule has 144 valence electrons. The summed E-state index contributed by atoms with van der Waals surface area (Å²) in [4.78, 5) is 25.7. The molecule has 2 aromatic heterocycles. The second-order valence-electron chi connectivity index (χ2n) is 7.06. The van der Waals surface area contributed by atoms with Gasteiger partial charge in [-0.1, -0.05) is 6.07 Å². The Morgan fingerprint density at radius 3 is 2.75 bits per heavy atom. The van der Waals surface area contributed by atoms with Gasteiger partial charge in [-0.3, -0.25) is 14.7 Å². The SMILES string of the molecule is O=c1cc(C2CCCN(Cc3ccc(F)cc3F)C2)nc(-c2ccncc2)[nH]1. The summed E-state index contributed by atoms with van der Waals surface area (Å²) in [6.45, 7) is 1.90. The van der Waals surface area contributed by atoms with E-state index in [1.165, 1.54) is 18.2 Å². The number of hydrogen-bond acceptors (Lipinski definition) is 4. The number of H-pyrrole nitrogens is 1. The lowest BCUT2D eigenvalue weighted by Gasteiger charge is -2.32. The van der Waals surface area contributed by atoms with E-state index in [-0.39, 0.29) is 11.5 Å². The third-order valence-electron chi connectivity index (χ3n) is 5.05. The van der Waals surface area contributed by atoms with E-state index in [1.54, 1.807) is 24.5 Å². The summed E-state index contributed by atoms with van der Waals surface area (Å²) in [5.41, 5.74) is 1.81. The zero-order valence-corrected chi connectivity index (χ0v) is 15.2. The number of likely N-dealkylation sites (tertiary alicyclic amines) is 1. The molecule has 0 bridgehead atoms. The van der Waals surface area contributed by atoms with Gasteiger partial charge in [0.2, 0.25) is 0 Å². The molecule has 0 radical (unpaired) electrons. The van der Waals surface area contributed by atoms with E-state index >= 15 is 0 Å². The summed E-state index contributed by atoms with van der Waals surface area (Å²) >= 11 is 0. The third kappa shape index (κ3) is 4.14. The molecule has 1 saturated heterocycles. The Kier molecular flexibility index (Phi) is 5.25. The second kappa shape index (κ2) is 7.98. The number of piperidine rings is 1. The fourth-order valence-electron chi connectivity index (χ4n) is 3.66. The molecule has 0 amide bonds. The first-order valence-corrected chi connectivity index (χ1v) is 9.26. The summed E-state index contributed by atoms with van der Waals surface area (Å²) in [6.07, 6.45) is 5.14. The Morgan fingerprint density at radius 2 is 1.96 bits per heavy atom. The lowest BCUT2D eigenvalue weighted by molar-refractivity contribution is 0.196. The molecule has 1 aliphatic rings. The molecule has 1 aromatic carbocycles. The molecule has 28 heavy (non-hydrogen) atoms. The number of nitrogens with zero attached hydrogens (tertiary/aromatic N) is 3. The van der Waals surface area contributed by atoms with Gasteiger partial charge < -0.3 is 4.98 Å². The molecule has 0 spiro atoms. The maximum atomic E-state index is 14.0. The largest absolute Gasteiger partial charge is 0.307 e. The Labute approximate surface area is 161 Å². The van der Waals surface area contributed by atoms with E-state index in [4.69, 9.17) is 0 Å². The molecule has 5 nitrogen and oxygen atoms in total. The van der Waals surface area contributed by atoms with Gasteiger partial charge in [-0.25, -0.2) is 13.8 Å². The van der Waals surface area contributed by atoms with Gasteiger partial charge in [0.15, 0.2) is 0 Å². The van der Waals surface area contributed by atoms with Crippen LogP contribution in [0.4, 0.5) is 8.78 Å². The highest BCUT2D eigenvalue weighted by atomic mass is 19.1. The first kappa shape index (κ1) is 18.4. The molecule has 1 unspecified atom stereocenters. The first-order chi connectivity index (χ1) is 13.6. The van der Waals surface area contributed by atoms with Gasteiger partial charge in [0.25, 0.3) is 5.56 Å². The standard InChI is InChI=1S/C21H20F2N4O/c22-17-4-3-15(18(23)10-17)12-27-9-1-2-16(13-27)19-11-20(28)26-21(25-19)14-5-7-24-8-6-14/h3-8,10-11,16H,1-2,9,12-13H2,(H,25,26,28). The maximum absolute atomic E-state index is 14.0. The minimum Gasteiger partial charge on any atom is -0.307 e. The molecule has 1 aliphatic heterocycles. The Bertz CT molecular complexity index is 1020. The van der Waals surface area contributed by atoms with Gasteiger partial charge >= 0.3 is 0 Å². The van der Waals surface area contributed by atoms with Crippen LogP contribution >= 0.6 is 0 Å². The average molecular weight is 382 g/mol. The highest BCUT2D eigenvalue weighted by Crippen LogP contribution is 2.27. The van der Waals surface area contributed by atoms with E-state index in [9.17, 15) is 13.6 Å². The second-order valence-corrected chi connectivity index (χ2v) is 7.06. The highest BCUT2D eigenvalue weighted by molar-refractivity contribution is 5.53. The monoisotopic (exact) mass is 382 g/mol. The van der Waals surface area contributed by atoms with Crippen molar-refractivity contribution >= 4 is 0 Å². The van der Waals surface area contributed by atoms with E-state index in [0.717, 1.165) is 36.7 Å². The number of benzene rings is 1. The lowest BCUT2D eigenvalue weighted by atomic mass is 9.94. The van der Waals surface area contributed by atoms with Gasteiger partial charge in [0.05, 0.1) is 5.69 Å². The summed E-state index contributed by atoms with van der Waals surface area (Å²) in [6, 6.07) is 8.81. The van der Waals surface area contributed by atoms with Crippen LogP contribution in [0.3, 0.4) is 0 Å². The summed E-state index contributed by atoms with van der Waals surface area (Å²) in [5, 5.41) is 0. The van der Waals surface area contributed by atoms with Crippen molar-refractivity contribution in [2.24, 2.45) is 0 Å². The van der Waals surface area contributed by atoms with E-state index in [0.29, 0.717) is 24.5 Å². The van der Waals surface area contributed by atoms with E-state index in [2.05, 4.69) is 19.9 Å². The van der Waals surface area contributed by atoms with Gasteiger partial charge in [-0.05, 0) is 37.6 Å². The Balaban J connectivity index is 1.55. The molecule has 0 aliphatic carbocycles. The number of halogens is 2. The van der Waals surface area contributed by atoms with Crippen molar-refractivity contribution in [3.8, 4) is 11.4 Å². The molecule has 1 atom stereocenters. The van der Waals surface area contributed by atoms with Gasteiger partial charge in [0, 0.05) is 54.7 Å². The van der Waals surface area contributed by atoms with Crippen LogP contribution in [0, 0.1) is 11.6 Å². The quantitative estimate of drug-likeness (QED) is 0.750. The lowest BCUT2D eigenvalue weighted by Crippen LogP contribution is -2.35. The van der Waals surface area contributed by atoms with Crippen LogP contribution in [-0.4, -0.2) is 32.9 Å². The van der Waals surface area contributed by atoms with Crippen LogP contribution < -0.4 is 5.56 Å². The van der Waals surface area contributed by atoms with E-state index < -0.39 is 11.6 Å². The van der Waals surface area contributed by atoms with Gasteiger partial charge in [-0.2, -0.15) is 0 Å². The van der Waals surface area contributed by atoms with Crippen LogP contribution in [0.5, 0.6) is 0 Å². The molecule has 3 heterocycles. The molecule has 4 rings (SSSR count). The predicted molar refractivity (Wildman–Crippen MR) is 102 cm³/mol. The number of pyridine rings is 1. The van der Waals surface area contributed by atoms with Crippen molar-refractivity contribution in [3.05, 3.63) is 82.0 Å². The van der Waals surface area contributed by atoms with Crippen LogP contribution in [0.2, 0.25) is 0 Å². The smallest absolute Gasteiger partial charge is 0.251 e. The van der Waals surface area contributed by atoms with Crippen molar-refractivity contribution in [2.45, 2.75) is 25.3 Å². The first-order valence-electron chi connectivity index (χ1n) is 9.26. The minimum absolute atomic E-state index is 0.0835. The molecule has 1 fully saturated rings. The van der Waals surface area contributed by atoms with Crippen LogP contribution in [0.1, 0.15) is 30.0 Å². The van der Waals surface area contributed by atoms with Crippen molar-refractivity contribution in [1.82, 2.24) is 19.9 Å². The van der Waals surface area contributed by atoms with Crippen molar-refractivity contribution in [1.29, 1.82) is 0 Å².